The molecular weight excluding hydrogens is 438 g/mol. The molecule has 2 aliphatic rings. The Morgan fingerprint density at radius 2 is 1.87 bits per heavy atom. The Morgan fingerprint density at radius 1 is 1.13 bits per heavy atom. The lowest BCUT2D eigenvalue weighted by Gasteiger charge is -2.21. The van der Waals surface area contributed by atoms with Crippen LogP contribution in [0.1, 0.15) is 18.4 Å². The highest BCUT2D eigenvalue weighted by molar-refractivity contribution is 7.99. The van der Waals surface area contributed by atoms with E-state index in [9.17, 15) is 13.2 Å². The molecule has 31 heavy (non-hydrogen) atoms. The number of amides is 1. The van der Waals surface area contributed by atoms with Crippen LogP contribution in [-0.4, -0.2) is 67.6 Å². The second-order valence-corrected chi connectivity index (χ2v) is 10.4. The maximum Gasteiger partial charge on any atom is 0.244 e. The molecule has 0 radical (unpaired) electrons. The van der Waals surface area contributed by atoms with Gasteiger partial charge in [-0.25, -0.2) is 13.4 Å². The number of ether oxygens (including phenoxy) is 2. The summed E-state index contributed by atoms with van der Waals surface area (Å²) in [5.41, 5.74) is 0.958. The number of aromatic nitrogens is 1. The van der Waals surface area contributed by atoms with Crippen molar-refractivity contribution in [3.05, 3.63) is 42.1 Å². The Balaban J connectivity index is 1.31. The number of carbonyl (C=O) groups excluding carboxylic acids is 1. The van der Waals surface area contributed by atoms with Crippen LogP contribution in [0.3, 0.4) is 0 Å². The van der Waals surface area contributed by atoms with Crippen molar-refractivity contribution in [1.82, 2.24) is 14.2 Å². The van der Waals surface area contributed by atoms with Gasteiger partial charge in [-0.2, -0.15) is 4.31 Å². The Morgan fingerprint density at radius 3 is 2.58 bits per heavy atom. The lowest BCUT2D eigenvalue weighted by atomic mass is 10.2. The van der Waals surface area contributed by atoms with E-state index in [-0.39, 0.29) is 16.6 Å². The Labute approximate surface area is 186 Å². The number of hydrogen-bond acceptors (Lipinski definition) is 7. The molecule has 10 heteroatoms. The molecule has 1 aromatic carbocycles. The lowest BCUT2D eigenvalue weighted by molar-refractivity contribution is -0.127. The third-order valence-electron chi connectivity index (χ3n) is 5.21. The van der Waals surface area contributed by atoms with Crippen molar-refractivity contribution in [2.24, 2.45) is 0 Å². The quantitative estimate of drug-likeness (QED) is 0.583. The zero-order valence-electron chi connectivity index (χ0n) is 17.3. The minimum absolute atomic E-state index is 0.0459. The molecule has 1 saturated heterocycles. The van der Waals surface area contributed by atoms with Crippen LogP contribution in [0.5, 0.6) is 11.5 Å². The van der Waals surface area contributed by atoms with Crippen LogP contribution in [0, 0.1) is 0 Å². The summed E-state index contributed by atoms with van der Waals surface area (Å²) in [6.07, 6.45) is 3.16. The maximum absolute atomic E-state index is 12.6. The topological polar surface area (TPSA) is 89.0 Å². The normalized spacial score (nSPS) is 16.3. The van der Waals surface area contributed by atoms with E-state index in [0.29, 0.717) is 43.6 Å². The predicted octanol–water partition coefficient (Wildman–Crippen LogP) is 2.39. The van der Waals surface area contributed by atoms with E-state index in [1.54, 1.807) is 24.1 Å². The van der Waals surface area contributed by atoms with Gasteiger partial charge in [-0.3, -0.25) is 4.79 Å². The highest BCUT2D eigenvalue weighted by Crippen LogP contribution is 2.31. The van der Waals surface area contributed by atoms with Gasteiger partial charge in [0.25, 0.3) is 0 Å². The van der Waals surface area contributed by atoms with E-state index in [4.69, 9.17) is 9.47 Å². The van der Waals surface area contributed by atoms with Gasteiger partial charge in [-0.15, -0.1) is 0 Å². The molecule has 2 aliphatic heterocycles. The number of nitrogens with zero attached hydrogens (tertiary/aromatic N) is 3. The molecule has 2 aromatic rings. The number of fused-ring (bicyclic) bond motifs is 1. The Kier molecular flexibility index (Phi) is 6.68. The monoisotopic (exact) mass is 463 g/mol. The van der Waals surface area contributed by atoms with Gasteiger partial charge in [-0.1, -0.05) is 17.8 Å². The zero-order valence-corrected chi connectivity index (χ0v) is 19.0. The number of pyridine rings is 1. The summed E-state index contributed by atoms with van der Waals surface area (Å²) < 4.78 is 37.7. The van der Waals surface area contributed by atoms with Gasteiger partial charge < -0.3 is 14.4 Å². The van der Waals surface area contributed by atoms with Crippen LogP contribution in [-0.2, 0) is 21.4 Å². The van der Waals surface area contributed by atoms with Gasteiger partial charge in [0.15, 0.2) is 11.5 Å². The fourth-order valence-electron chi connectivity index (χ4n) is 3.48. The smallest absolute Gasteiger partial charge is 0.244 e. The van der Waals surface area contributed by atoms with Crippen molar-refractivity contribution in [3.63, 3.8) is 0 Å². The van der Waals surface area contributed by atoms with Crippen molar-refractivity contribution < 1.29 is 22.7 Å². The summed E-state index contributed by atoms with van der Waals surface area (Å²) in [7, 11) is -1.73. The van der Waals surface area contributed by atoms with Crippen molar-refractivity contribution >= 4 is 27.7 Å². The number of rotatable bonds is 7. The molecule has 8 nitrogen and oxygen atoms in total. The first-order valence-electron chi connectivity index (χ1n) is 10.1. The van der Waals surface area contributed by atoms with E-state index in [0.717, 1.165) is 24.2 Å². The molecule has 0 spiro atoms. The first kappa shape index (κ1) is 21.9. The van der Waals surface area contributed by atoms with E-state index < -0.39 is 10.0 Å². The first-order chi connectivity index (χ1) is 14.9. The van der Waals surface area contributed by atoms with E-state index in [1.807, 2.05) is 18.2 Å². The summed E-state index contributed by atoms with van der Waals surface area (Å²) in [4.78, 5) is 18.6. The van der Waals surface area contributed by atoms with Crippen molar-refractivity contribution in [2.75, 3.05) is 39.1 Å². The molecule has 0 unspecified atom stereocenters. The molecule has 1 aromatic heterocycles. The average molecular weight is 464 g/mol. The molecule has 0 aliphatic carbocycles. The summed E-state index contributed by atoms with van der Waals surface area (Å²) >= 11 is 1.29. The van der Waals surface area contributed by atoms with Crippen LogP contribution in [0.2, 0.25) is 0 Å². The van der Waals surface area contributed by atoms with Crippen molar-refractivity contribution in [2.45, 2.75) is 29.3 Å². The Bertz CT molecular complexity index is 1040. The fraction of sp³-hybridized carbons (Fsp3) is 0.429. The average Bonchev–Trinajstić information content (AvgIpc) is 3.33. The van der Waals surface area contributed by atoms with Crippen molar-refractivity contribution in [3.8, 4) is 11.5 Å². The fourth-order valence-corrected chi connectivity index (χ4v) is 5.72. The second-order valence-electron chi connectivity index (χ2n) is 7.46. The molecule has 1 fully saturated rings. The summed E-state index contributed by atoms with van der Waals surface area (Å²) in [5, 5.41) is 0.612. The predicted molar refractivity (Wildman–Crippen MR) is 117 cm³/mol. The number of carbonyl (C=O) groups is 1. The highest BCUT2D eigenvalue weighted by atomic mass is 32.2. The first-order valence-corrected chi connectivity index (χ1v) is 12.6. The molecule has 0 N–H and O–H groups in total. The number of benzene rings is 1. The van der Waals surface area contributed by atoms with Crippen LogP contribution < -0.4 is 9.47 Å². The van der Waals surface area contributed by atoms with E-state index >= 15 is 0 Å². The molecule has 0 saturated carbocycles. The molecule has 0 bridgehead atoms. The van der Waals surface area contributed by atoms with Gasteiger partial charge in [0, 0.05) is 32.9 Å². The largest absolute Gasteiger partial charge is 0.486 e. The summed E-state index contributed by atoms with van der Waals surface area (Å²) in [5.74, 6) is 1.59. The van der Waals surface area contributed by atoms with Gasteiger partial charge in [-0.05, 0) is 42.7 Å². The van der Waals surface area contributed by atoms with Gasteiger partial charge in [0.2, 0.25) is 15.9 Å². The third-order valence-corrected chi connectivity index (χ3v) is 8.02. The molecule has 3 heterocycles. The van der Waals surface area contributed by atoms with Gasteiger partial charge >= 0.3 is 0 Å². The number of hydrogen-bond donors (Lipinski definition) is 0. The molecule has 1 amide bonds. The molecular formula is C21H25N3O5S2. The third kappa shape index (κ3) is 5.13. The Hall–Kier alpha value is -2.30. The van der Waals surface area contributed by atoms with Crippen LogP contribution >= 0.6 is 11.8 Å². The van der Waals surface area contributed by atoms with Crippen LogP contribution in [0.15, 0.2) is 46.5 Å². The number of thioether (sulfide) groups is 1. The lowest BCUT2D eigenvalue weighted by Crippen LogP contribution is -2.28. The summed E-state index contributed by atoms with van der Waals surface area (Å²) in [6.45, 7) is 2.64. The van der Waals surface area contributed by atoms with Gasteiger partial charge in [0.05, 0.1) is 10.8 Å². The van der Waals surface area contributed by atoms with Crippen LogP contribution in [0.25, 0.3) is 0 Å². The molecule has 0 atom stereocenters. The zero-order chi connectivity index (χ0) is 21.8. The molecule has 4 rings (SSSR count). The maximum atomic E-state index is 12.6. The standard InChI is InChI=1S/C21H25N3O5S2/c1-23(14-16-4-6-18-19(12-16)29-11-10-28-18)21(25)15-30-20-7-5-17(13-22-20)31(26,27)24-8-2-3-9-24/h4-7,12-13H,2-3,8-11,14-15H2,1H3. The molecule has 166 valence electrons. The minimum atomic E-state index is -3.47. The second kappa shape index (κ2) is 9.46. The SMILES string of the molecule is CN(Cc1ccc2c(c1)OCCO2)C(=O)CSc1ccc(S(=O)(=O)N2CCCC2)cn1. The van der Waals surface area contributed by atoms with E-state index in [1.165, 1.54) is 22.3 Å². The summed E-state index contributed by atoms with van der Waals surface area (Å²) in [6, 6.07) is 8.89. The van der Waals surface area contributed by atoms with E-state index in [2.05, 4.69) is 4.98 Å². The van der Waals surface area contributed by atoms with Crippen LogP contribution in [0.4, 0.5) is 0 Å². The highest BCUT2D eigenvalue weighted by Gasteiger charge is 2.27. The number of sulfonamides is 1. The van der Waals surface area contributed by atoms with Gasteiger partial charge in [0.1, 0.15) is 18.1 Å². The minimum Gasteiger partial charge on any atom is -0.486 e. The van der Waals surface area contributed by atoms with Crippen molar-refractivity contribution in [1.29, 1.82) is 0 Å².